The fourth-order valence-electron chi connectivity index (χ4n) is 3.15. The Morgan fingerprint density at radius 2 is 1.80 bits per heavy atom. The van der Waals surface area contributed by atoms with Gasteiger partial charge in [-0.3, -0.25) is 4.79 Å². The molecule has 1 amide bonds. The van der Waals surface area contributed by atoms with Crippen molar-refractivity contribution in [2.24, 2.45) is 0 Å². The van der Waals surface area contributed by atoms with Crippen molar-refractivity contribution < 1.29 is 9.53 Å². The zero-order chi connectivity index (χ0) is 21.1. The van der Waals surface area contributed by atoms with Gasteiger partial charge in [0.25, 0.3) is 0 Å². The summed E-state index contributed by atoms with van der Waals surface area (Å²) in [7, 11) is 1.59. The van der Waals surface area contributed by atoms with E-state index < -0.39 is 5.25 Å². The van der Waals surface area contributed by atoms with Crippen LogP contribution < -0.4 is 15.9 Å². The van der Waals surface area contributed by atoms with E-state index in [1.807, 2.05) is 73.7 Å². The van der Waals surface area contributed by atoms with E-state index in [9.17, 15) is 4.79 Å². The first-order chi connectivity index (χ1) is 14.6. The van der Waals surface area contributed by atoms with Crippen LogP contribution in [-0.2, 0) is 4.79 Å². The molecule has 4 aromatic rings. The number of aromatic nitrogens is 3. The van der Waals surface area contributed by atoms with E-state index in [0.29, 0.717) is 16.7 Å². The number of nitrogens with two attached hydrogens (primary N) is 1. The van der Waals surface area contributed by atoms with Crippen LogP contribution in [0, 0.1) is 0 Å². The summed E-state index contributed by atoms with van der Waals surface area (Å²) in [6.07, 6.45) is 0. The molecule has 0 saturated heterocycles. The number of carbonyl (C=O) groups excluding carboxylic acids is 1. The number of hydrogen-bond acceptors (Lipinski definition) is 6. The molecule has 0 bridgehead atoms. The molecular weight excluding hydrogens is 398 g/mol. The molecular formula is C22H21N5O2S. The molecule has 0 spiro atoms. The number of methoxy groups -OCH3 is 1. The van der Waals surface area contributed by atoms with Crippen LogP contribution in [0.1, 0.15) is 6.92 Å². The van der Waals surface area contributed by atoms with E-state index in [1.54, 1.807) is 7.11 Å². The van der Waals surface area contributed by atoms with Gasteiger partial charge >= 0.3 is 0 Å². The molecule has 3 aromatic carbocycles. The Hall–Kier alpha value is -3.52. The number of anilines is 1. The summed E-state index contributed by atoms with van der Waals surface area (Å²) in [6.45, 7) is 1.81. The Kier molecular flexibility index (Phi) is 5.58. The highest BCUT2D eigenvalue weighted by atomic mass is 32.2. The van der Waals surface area contributed by atoms with Gasteiger partial charge < -0.3 is 15.9 Å². The molecule has 3 N–H and O–H groups in total. The van der Waals surface area contributed by atoms with Crippen LogP contribution in [0.3, 0.4) is 0 Å². The highest BCUT2D eigenvalue weighted by molar-refractivity contribution is 8.00. The number of nitrogen functional groups attached to an aromatic ring is 1. The third-order valence-electron chi connectivity index (χ3n) is 4.71. The van der Waals surface area contributed by atoms with Crippen molar-refractivity contribution in [2.45, 2.75) is 17.3 Å². The number of rotatable bonds is 6. The van der Waals surface area contributed by atoms with Gasteiger partial charge in [0.15, 0.2) is 5.82 Å². The number of ether oxygens (including phenoxy) is 1. The maximum absolute atomic E-state index is 12.8. The maximum atomic E-state index is 12.8. The Bertz CT molecular complexity index is 1200. The number of thioether (sulfide) groups is 1. The second-order valence-corrected chi connectivity index (χ2v) is 7.96. The standard InChI is InChI=1S/C22H21N5O2S/c1-14(21(28)24-18-12-7-9-15-8-3-4-10-16(15)18)30-22-26-25-20(27(22)23)17-11-5-6-13-19(17)29-2/h3-14H,23H2,1-2H3,(H,24,28). The van der Waals surface area contributed by atoms with Crippen LogP contribution in [-0.4, -0.2) is 33.1 Å². The first kappa shape index (κ1) is 19.8. The molecule has 30 heavy (non-hydrogen) atoms. The predicted molar refractivity (Wildman–Crippen MR) is 120 cm³/mol. The third-order valence-corrected chi connectivity index (χ3v) is 5.77. The van der Waals surface area contributed by atoms with E-state index in [2.05, 4.69) is 15.5 Å². The lowest BCUT2D eigenvalue weighted by atomic mass is 10.1. The van der Waals surface area contributed by atoms with E-state index in [-0.39, 0.29) is 5.91 Å². The number of nitrogens with one attached hydrogen (secondary N) is 1. The van der Waals surface area contributed by atoms with Gasteiger partial charge in [0.05, 0.1) is 17.9 Å². The average Bonchev–Trinajstić information content (AvgIpc) is 3.13. The van der Waals surface area contributed by atoms with Gasteiger partial charge in [-0.1, -0.05) is 60.3 Å². The molecule has 0 aliphatic carbocycles. The number of benzene rings is 3. The molecule has 152 valence electrons. The minimum absolute atomic E-state index is 0.141. The molecule has 0 saturated carbocycles. The van der Waals surface area contributed by atoms with E-state index in [4.69, 9.17) is 10.6 Å². The summed E-state index contributed by atoms with van der Waals surface area (Å²) in [5, 5.41) is 13.4. The summed E-state index contributed by atoms with van der Waals surface area (Å²) in [6, 6.07) is 21.2. The molecule has 0 radical (unpaired) electrons. The molecule has 8 heteroatoms. The average molecular weight is 420 g/mol. The van der Waals surface area contributed by atoms with E-state index in [1.165, 1.54) is 16.4 Å². The largest absolute Gasteiger partial charge is 0.496 e. The smallest absolute Gasteiger partial charge is 0.237 e. The minimum atomic E-state index is -0.430. The van der Waals surface area contributed by atoms with Crippen molar-refractivity contribution in [1.82, 2.24) is 14.9 Å². The molecule has 4 rings (SSSR count). The zero-order valence-corrected chi connectivity index (χ0v) is 17.4. The summed E-state index contributed by atoms with van der Waals surface area (Å²) in [4.78, 5) is 12.8. The van der Waals surface area contributed by atoms with Gasteiger partial charge in [-0.15, -0.1) is 10.2 Å². The predicted octanol–water partition coefficient (Wildman–Crippen LogP) is 3.94. The maximum Gasteiger partial charge on any atom is 0.237 e. The first-order valence-electron chi connectivity index (χ1n) is 9.37. The first-order valence-corrected chi connectivity index (χ1v) is 10.3. The fraction of sp³-hybridized carbons (Fsp3) is 0.136. The number of hydrogen-bond donors (Lipinski definition) is 2. The van der Waals surface area contributed by atoms with Crippen LogP contribution in [0.4, 0.5) is 5.69 Å². The minimum Gasteiger partial charge on any atom is -0.496 e. The van der Waals surface area contributed by atoms with Crippen molar-refractivity contribution in [1.29, 1.82) is 0 Å². The van der Waals surface area contributed by atoms with Crippen LogP contribution in [0.15, 0.2) is 71.9 Å². The molecule has 1 atom stereocenters. The van der Waals surface area contributed by atoms with Crippen molar-refractivity contribution in [3.05, 3.63) is 66.7 Å². The molecule has 1 unspecified atom stereocenters. The summed E-state index contributed by atoms with van der Waals surface area (Å²) in [5.41, 5.74) is 1.50. The summed E-state index contributed by atoms with van der Waals surface area (Å²) in [5.74, 6) is 7.19. The Labute approximate surface area is 178 Å². The van der Waals surface area contributed by atoms with Gasteiger partial charge in [-0.25, -0.2) is 4.68 Å². The molecule has 1 aromatic heterocycles. The van der Waals surface area contributed by atoms with Gasteiger partial charge in [-0.05, 0) is 30.5 Å². The third kappa shape index (κ3) is 3.81. The van der Waals surface area contributed by atoms with Crippen molar-refractivity contribution in [3.8, 4) is 17.1 Å². The zero-order valence-electron chi connectivity index (χ0n) is 16.6. The van der Waals surface area contributed by atoms with E-state index >= 15 is 0 Å². The SMILES string of the molecule is COc1ccccc1-c1nnc(SC(C)C(=O)Nc2cccc3ccccc23)n1N. The lowest BCUT2D eigenvalue weighted by Gasteiger charge is -2.13. The number of para-hydroxylation sites is 1. The number of nitrogens with zero attached hydrogens (tertiary/aromatic N) is 3. The molecule has 7 nitrogen and oxygen atoms in total. The number of fused-ring (bicyclic) bond motifs is 1. The van der Waals surface area contributed by atoms with Crippen molar-refractivity contribution in [2.75, 3.05) is 18.3 Å². The van der Waals surface area contributed by atoms with Crippen LogP contribution >= 0.6 is 11.8 Å². The lowest BCUT2D eigenvalue weighted by Crippen LogP contribution is -2.23. The van der Waals surface area contributed by atoms with Crippen molar-refractivity contribution in [3.63, 3.8) is 0 Å². The second kappa shape index (κ2) is 8.46. The molecule has 0 aliphatic heterocycles. The van der Waals surface area contributed by atoms with Gasteiger partial charge in [0, 0.05) is 11.1 Å². The van der Waals surface area contributed by atoms with Crippen LogP contribution in [0.5, 0.6) is 5.75 Å². The Balaban J connectivity index is 1.52. The Morgan fingerprint density at radius 3 is 2.63 bits per heavy atom. The second-order valence-electron chi connectivity index (χ2n) is 6.65. The summed E-state index contributed by atoms with van der Waals surface area (Å²) < 4.78 is 6.76. The summed E-state index contributed by atoms with van der Waals surface area (Å²) >= 11 is 1.24. The highest BCUT2D eigenvalue weighted by Crippen LogP contribution is 2.31. The van der Waals surface area contributed by atoms with Gasteiger partial charge in [0.1, 0.15) is 5.75 Å². The van der Waals surface area contributed by atoms with Gasteiger partial charge in [0.2, 0.25) is 11.1 Å². The van der Waals surface area contributed by atoms with Gasteiger partial charge in [-0.2, -0.15) is 0 Å². The molecule has 0 aliphatic rings. The van der Waals surface area contributed by atoms with Crippen molar-refractivity contribution >= 4 is 34.1 Å². The number of amides is 1. The monoisotopic (exact) mass is 419 g/mol. The Morgan fingerprint density at radius 1 is 1.07 bits per heavy atom. The fourth-order valence-corrected chi connectivity index (χ4v) is 3.92. The normalized spacial score (nSPS) is 11.9. The highest BCUT2D eigenvalue weighted by Gasteiger charge is 2.21. The quantitative estimate of drug-likeness (QED) is 0.363. The number of carbonyl (C=O) groups is 1. The molecule has 0 fully saturated rings. The topological polar surface area (TPSA) is 95.1 Å². The lowest BCUT2D eigenvalue weighted by molar-refractivity contribution is -0.115. The molecule has 1 heterocycles. The van der Waals surface area contributed by atoms with E-state index in [0.717, 1.165) is 22.0 Å². The van der Waals surface area contributed by atoms with Crippen LogP contribution in [0.25, 0.3) is 22.2 Å². The van der Waals surface area contributed by atoms with Crippen LogP contribution in [0.2, 0.25) is 0 Å².